The standard InChI is InChI=1S/C36H28BrN7O4/c1-23-12-13-27(18-29(23)39-33(45)26-14-16-28(37)17-15-26)34-41-40-30(48-34)21-44-35(46)31-32(38-22-42(31)19-24-8-4-2-5-9-24)43(36(44)47)20-25-10-6-3-7-11-25/h2-18,22H,19-21H2,1H3,(H,39,45). The lowest BCUT2D eigenvalue weighted by Gasteiger charge is -2.12. The second-order valence-corrected chi connectivity index (χ2v) is 12.2. The summed E-state index contributed by atoms with van der Waals surface area (Å²) >= 11 is 3.38. The molecule has 0 bridgehead atoms. The van der Waals surface area contributed by atoms with Crippen LogP contribution in [0.15, 0.2) is 128 Å². The highest BCUT2D eigenvalue weighted by Gasteiger charge is 2.21. The van der Waals surface area contributed by atoms with Crippen molar-refractivity contribution in [2.45, 2.75) is 26.6 Å². The number of aryl methyl sites for hydroxylation is 1. The van der Waals surface area contributed by atoms with Gasteiger partial charge in [0.15, 0.2) is 11.2 Å². The van der Waals surface area contributed by atoms with Gasteiger partial charge in [-0.2, -0.15) is 0 Å². The van der Waals surface area contributed by atoms with E-state index in [0.29, 0.717) is 34.5 Å². The highest BCUT2D eigenvalue weighted by Crippen LogP contribution is 2.25. The summed E-state index contributed by atoms with van der Waals surface area (Å²) in [5.74, 6) is -0.0102. The number of benzene rings is 4. The monoisotopic (exact) mass is 701 g/mol. The number of aromatic nitrogens is 6. The van der Waals surface area contributed by atoms with Gasteiger partial charge in [-0.05, 0) is 60.0 Å². The fraction of sp³-hybridized carbons (Fsp3) is 0.111. The largest absolute Gasteiger partial charge is 0.419 e. The van der Waals surface area contributed by atoms with Gasteiger partial charge in [-0.1, -0.05) is 82.7 Å². The van der Waals surface area contributed by atoms with E-state index in [-0.39, 0.29) is 30.8 Å². The molecule has 238 valence electrons. The third-order valence-corrected chi connectivity index (χ3v) is 8.49. The Hall–Kier alpha value is -5.88. The lowest BCUT2D eigenvalue weighted by Crippen LogP contribution is -2.41. The molecular weight excluding hydrogens is 674 g/mol. The summed E-state index contributed by atoms with van der Waals surface area (Å²) in [6, 6.07) is 31.7. The molecule has 3 aromatic heterocycles. The molecule has 48 heavy (non-hydrogen) atoms. The minimum absolute atomic E-state index is 0.0740. The number of hydrogen-bond donors (Lipinski definition) is 1. The van der Waals surface area contributed by atoms with Crippen LogP contribution < -0.4 is 16.6 Å². The van der Waals surface area contributed by atoms with E-state index in [0.717, 1.165) is 25.7 Å². The smallest absolute Gasteiger partial charge is 0.333 e. The normalized spacial score (nSPS) is 11.2. The molecular formula is C36H28BrN7O4. The Bertz CT molecular complexity index is 2380. The maximum atomic E-state index is 14.0. The fourth-order valence-electron chi connectivity index (χ4n) is 5.44. The van der Waals surface area contributed by atoms with Crippen LogP contribution in [0.3, 0.4) is 0 Å². The topological polar surface area (TPSA) is 130 Å². The Morgan fingerprint density at radius 3 is 2.21 bits per heavy atom. The van der Waals surface area contributed by atoms with Gasteiger partial charge in [0, 0.05) is 27.8 Å². The molecule has 4 aromatic carbocycles. The molecule has 3 heterocycles. The minimum Gasteiger partial charge on any atom is -0.419 e. The van der Waals surface area contributed by atoms with Gasteiger partial charge in [-0.3, -0.25) is 14.2 Å². The van der Waals surface area contributed by atoms with Gasteiger partial charge in [0.1, 0.15) is 6.54 Å². The van der Waals surface area contributed by atoms with Crippen molar-refractivity contribution in [2.75, 3.05) is 5.32 Å². The number of anilines is 1. The van der Waals surface area contributed by atoms with E-state index in [9.17, 15) is 14.4 Å². The van der Waals surface area contributed by atoms with E-state index in [4.69, 9.17) is 4.42 Å². The molecule has 0 spiro atoms. The van der Waals surface area contributed by atoms with Crippen LogP contribution in [0.2, 0.25) is 0 Å². The second kappa shape index (κ2) is 13.1. The summed E-state index contributed by atoms with van der Waals surface area (Å²) in [4.78, 5) is 45.3. The highest BCUT2D eigenvalue weighted by atomic mass is 79.9. The SMILES string of the molecule is Cc1ccc(-c2nnc(Cn3c(=O)c4c(ncn4Cc4ccccc4)n(Cc4ccccc4)c3=O)o2)cc1NC(=O)c1ccc(Br)cc1. The summed E-state index contributed by atoms with van der Waals surface area (Å²) in [5.41, 5.74) is 3.89. The van der Waals surface area contributed by atoms with Crippen LogP contribution in [0.4, 0.5) is 5.69 Å². The molecule has 0 aliphatic heterocycles. The molecule has 7 rings (SSSR count). The third kappa shape index (κ3) is 6.25. The summed E-state index contributed by atoms with van der Waals surface area (Å²) in [5, 5.41) is 11.3. The van der Waals surface area contributed by atoms with Crippen molar-refractivity contribution in [3.05, 3.63) is 163 Å². The first kappa shape index (κ1) is 30.8. The quantitative estimate of drug-likeness (QED) is 0.199. The summed E-state index contributed by atoms with van der Waals surface area (Å²) in [6.07, 6.45) is 1.58. The Labute approximate surface area is 282 Å². The number of amides is 1. The molecule has 11 nitrogen and oxygen atoms in total. The number of fused-ring (bicyclic) bond motifs is 1. The van der Waals surface area contributed by atoms with Gasteiger partial charge < -0.3 is 14.3 Å². The van der Waals surface area contributed by atoms with Gasteiger partial charge in [0.05, 0.1) is 12.9 Å². The average Bonchev–Trinajstić information content (AvgIpc) is 3.75. The zero-order chi connectivity index (χ0) is 33.2. The lowest BCUT2D eigenvalue weighted by atomic mass is 10.1. The molecule has 0 saturated carbocycles. The number of imidazole rings is 1. The molecule has 0 saturated heterocycles. The molecule has 0 aliphatic carbocycles. The molecule has 0 unspecified atom stereocenters. The van der Waals surface area contributed by atoms with E-state index in [1.807, 2.05) is 73.7 Å². The van der Waals surface area contributed by atoms with Gasteiger partial charge in [-0.25, -0.2) is 14.3 Å². The fourth-order valence-corrected chi connectivity index (χ4v) is 5.71. The molecule has 1 N–H and O–H groups in total. The molecule has 0 aliphatic rings. The van der Waals surface area contributed by atoms with Crippen molar-refractivity contribution in [3.8, 4) is 11.5 Å². The molecule has 0 fully saturated rings. The summed E-state index contributed by atoms with van der Waals surface area (Å²) < 4.78 is 11.2. The van der Waals surface area contributed by atoms with Crippen molar-refractivity contribution >= 4 is 38.7 Å². The molecule has 1 amide bonds. The predicted octanol–water partition coefficient (Wildman–Crippen LogP) is 5.88. The van der Waals surface area contributed by atoms with Crippen LogP contribution in [-0.4, -0.2) is 34.8 Å². The van der Waals surface area contributed by atoms with E-state index in [1.165, 1.54) is 4.57 Å². The first-order valence-electron chi connectivity index (χ1n) is 15.1. The van der Waals surface area contributed by atoms with Crippen LogP contribution in [0.1, 0.15) is 32.9 Å². The van der Waals surface area contributed by atoms with E-state index >= 15 is 0 Å². The van der Waals surface area contributed by atoms with Crippen LogP contribution in [0.5, 0.6) is 0 Å². The Balaban J connectivity index is 1.23. The number of hydrogen-bond acceptors (Lipinski definition) is 7. The van der Waals surface area contributed by atoms with Crippen molar-refractivity contribution in [1.82, 2.24) is 28.9 Å². The second-order valence-electron chi connectivity index (χ2n) is 11.3. The van der Waals surface area contributed by atoms with Crippen LogP contribution in [0, 0.1) is 6.92 Å². The average molecular weight is 703 g/mol. The molecule has 0 atom stereocenters. The van der Waals surface area contributed by atoms with Crippen molar-refractivity contribution in [3.63, 3.8) is 0 Å². The number of carbonyl (C=O) groups is 1. The van der Waals surface area contributed by atoms with Crippen molar-refractivity contribution in [2.24, 2.45) is 0 Å². The molecule has 12 heteroatoms. The van der Waals surface area contributed by atoms with Crippen molar-refractivity contribution in [1.29, 1.82) is 0 Å². The van der Waals surface area contributed by atoms with Gasteiger partial charge >= 0.3 is 5.69 Å². The van der Waals surface area contributed by atoms with E-state index in [2.05, 4.69) is 36.4 Å². The predicted molar refractivity (Wildman–Crippen MR) is 185 cm³/mol. The lowest BCUT2D eigenvalue weighted by molar-refractivity contribution is 0.102. The number of halogens is 1. The van der Waals surface area contributed by atoms with E-state index in [1.54, 1.807) is 47.3 Å². The van der Waals surface area contributed by atoms with Crippen molar-refractivity contribution < 1.29 is 9.21 Å². The Kier molecular flexibility index (Phi) is 8.38. The number of carbonyl (C=O) groups excluding carboxylic acids is 1. The van der Waals surface area contributed by atoms with Crippen LogP contribution in [0.25, 0.3) is 22.6 Å². The molecule has 7 aromatic rings. The maximum Gasteiger partial charge on any atom is 0.333 e. The van der Waals surface area contributed by atoms with Crippen LogP contribution in [-0.2, 0) is 19.6 Å². The van der Waals surface area contributed by atoms with E-state index < -0.39 is 11.2 Å². The Morgan fingerprint density at radius 2 is 1.50 bits per heavy atom. The minimum atomic E-state index is -0.547. The third-order valence-electron chi connectivity index (χ3n) is 7.96. The van der Waals surface area contributed by atoms with Gasteiger partial charge in [0.2, 0.25) is 11.8 Å². The van der Waals surface area contributed by atoms with Gasteiger partial charge in [0.25, 0.3) is 11.5 Å². The summed E-state index contributed by atoms with van der Waals surface area (Å²) in [7, 11) is 0. The summed E-state index contributed by atoms with van der Waals surface area (Å²) in [6.45, 7) is 2.25. The van der Waals surface area contributed by atoms with Gasteiger partial charge in [-0.15, -0.1) is 10.2 Å². The van der Waals surface area contributed by atoms with Crippen LogP contribution >= 0.6 is 15.9 Å². The first-order chi connectivity index (χ1) is 23.3. The number of rotatable bonds is 9. The Morgan fingerprint density at radius 1 is 0.812 bits per heavy atom. The number of nitrogens with one attached hydrogen (secondary N) is 1. The highest BCUT2D eigenvalue weighted by molar-refractivity contribution is 9.10. The zero-order valence-corrected chi connectivity index (χ0v) is 27.3. The number of nitrogens with zero attached hydrogens (tertiary/aromatic N) is 6. The zero-order valence-electron chi connectivity index (χ0n) is 25.7. The maximum absolute atomic E-state index is 14.0. The molecule has 0 radical (unpaired) electrons. The first-order valence-corrected chi connectivity index (χ1v) is 15.9.